The molecule has 1 aliphatic carbocycles. The van der Waals surface area contributed by atoms with Crippen molar-refractivity contribution in [2.75, 3.05) is 17.5 Å². The standard InChI is InChI=1S/C21H30N4O4S/c1-4-29-19-12-10-18(11-13-19)25(14-20(26)22-17-8-6-5-7-9-17)30(27,28)21-15(2)23-24-16(21)3/h10-13,17H,4-9,14H2,1-3H3,(H,22,26)(H,23,24). The number of sulfonamides is 1. The van der Waals surface area contributed by atoms with Crippen LogP contribution in [0.5, 0.6) is 5.75 Å². The Morgan fingerprint density at radius 2 is 1.87 bits per heavy atom. The maximum Gasteiger partial charge on any atom is 0.268 e. The zero-order valence-electron chi connectivity index (χ0n) is 17.8. The number of anilines is 1. The molecule has 0 saturated heterocycles. The summed E-state index contributed by atoms with van der Waals surface area (Å²) in [5.74, 6) is 0.332. The van der Waals surface area contributed by atoms with Crippen molar-refractivity contribution in [3.8, 4) is 5.75 Å². The van der Waals surface area contributed by atoms with Crippen molar-refractivity contribution in [1.29, 1.82) is 0 Å². The first-order valence-corrected chi connectivity index (χ1v) is 11.8. The number of nitrogens with one attached hydrogen (secondary N) is 2. The average molecular weight is 435 g/mol. The quantitative estimate of drug-likeness (QED) is 0.664. The number of aryl methyl sites for hydroxylation is 2. The molecule has 164 valence electrons. The predicted octanol–water partition coefficient (Wildman–Crippen LogP) is 3.07. The highest BCUT2D eigenvalue weighted by molar-refractivity contribution is 7.93. The number of rotatable bonds is 8. The number of carbonyl (C=O) groups is 1. The van der Waals surface area contributed by atoms with Crippen LogP contribution < -0.4 is 14.4 Å². The lowest BCUT2D eigenvalue weighted by Gasteiger charge is -2.27. The number of H-pyrrole nitrogens is 1. The van der Waals surface area contributed by atoms with Crippen LogP contribution in [0.15, 0.2) is 29.2 Å². The first-order valence-electron chi connectivity index (χ1n) is 10.4. The number of amides is 1. The minimum Gasteiger partial charge on any atom is -0.494 e. The number of hydrogen-bond donors (Lipinski definition) is 2. The van der Waals surface area contributed by atoms with Crippen LogP contribution in [0.3, 0.4) is 0 Å². The van der Waals surface area contributed by atoms with Gasteiger partial charge in [0.2, 0.25) is 5.91 Å². The molecule has 2 N–H and O–H groups in total. The van der Waals surface area contributed by atoms with Crippen molar-refractivity contribution in [3.05, 3.63) is 35.7 Å². The molecule has 1 fully saturated rings. The fraction of sp³-hybridized carbons (Fsp3) is 0.524. The highest BCUT2D eigenvalue weighted by Gasteiger charge is 2.32. The lowest BCUT2D eigenvalue weighted by atomic mass is 9.95. The third-order valence-corrected chi connectivity index (χ3v) is 7.34. The maximum atomic E-state index is 13.5. The van der Waals surface area contributed by atoms with Crippen molar-refractivity contribution < 1.29 is 17.9 Å². The van der Waals surface area contributed by atoms with Gasteiger partial charge in [-0.3, -0.25) is 14.2 Å². The number of hydrogen-bond acceptors (Lipinski definition) is 5. The van der Waals surface area contributed by atoms with Gasteiger partial charge in [-0.2, -0.15) is 5.10 Å². The van der Waals surface area contributed by atoms with Gasteiger partial charge in [0.05, 0.1) is 23.7 Å². The molecular formula is C21H30N4O4S. The second-order valence-corrected chi connectivity index (χ2v) is 9.40. The number of aromatic amines is 1. The van der Waals surface area contributed by atoms with E-state index >= 15 is 0 Å². The molecule has 8 nitrogen and oxygen atoms in total. The first kappa shape index (κ1) is 22.1. The normalized spacial score (nSPS) is 15.0. The number of carbonyl (C=O) groups excluding carboxylic acids is 1. The number of benzene rings is 1. The van der Waals surface area contributed by atoms with Gasteiger partial charge in [0.1, 0.15) is 17.2 Å². The zero-order valence-corrected chi connectivity index (χ0v) is 18.6. The number of aromatic nitrogens is 2. The summed E-state index contributed by atoms with van der Waals surface area (Å²) in [6, 6.07) is 6.82. The lowest BCUT2D eigenvalue weighted by Crippen LogP contribution is -2.45. The minimum absolute atomic E-state index is 0.0989. The molecule has 1 saturated carbocycles. The van der Waals surface area contributed by atoms with Gasteiger partial charge in [0, 0.05) is 6.04 Å². The molecule has 9 heteroatoms. The second kappa shape index (κ2) is 9.51. The molecule has 30 heavy (non-hydrogen) atoms. The topological polar surface area (TPSA) is 104 Å². The Morgan fingerprint density at radius 3 is 2.43 bits per heavy atom. The third kappa shape index (κ3) is 4.95. The Labute approximate surface area is 178 Å². The Bertz CT molecular complexity index is 944. The molecule has 1 aromatic heterocycles. The van der Waals surface area contributed by atoms with Gasteiger partial charge in [-0.25, -0.2) is 8.42 Å². The minimum atomic E-state index is -4.00. The van der Waals surface area contributed by atoms with Gasteiger partial charge in [-0.15, -0.1) is 0 Å². The summed E-state index contributed by atoms with van der Waals surface area (Å²) in [7, 11) is -4.00. The summed E-state index contributed by atoms with van der Waals surface area (Å²) in [6.45, 7) is 5.39. The van der Waals surface area contributed by atoms with E-state index in [1.54, 1.807) is 38.1 Å². The molecule has 2 aromatic rings. The fourth-order valence-electron chi connectivity index (χ4n) is 3.87. The summed E-state index contributed by atoms with van der Waals surface area (Å²) < 4.78 is 33.7. The summed E-state index contributed by atoms with van der Waals surface area (Å²) in [5, 5.41) is 9.74. The van der Waals surface area contributed by atoms with E-state index in [0.717, 1.165) is 30.0 Å². The summed E-state index contributed by atoms with van der Waals surface area (Å²) >= 11 is 0. The smallest absolute Gasteiger partial charge is 0.268 e. The molecular weight excluding hydrogens is 404 g/mol. The molecule has 0 bridgehead atoms. The van der Waals surface area contributed by atoms with E-state index in [1.807, 2.05) is 6.92 Å². The van der Waals surface area contributed by atoms with Gasteiger partial charge >= 0.3 is 0 Å². The van der Waals surface area contributed by atoms with Gasteiger partial charge in [-0.1, -0.05) is 19.3 Å². The van der Waals surface area contributed by atoms with Crippen molar-refractivity contribution in [2.24, 2.45) is 0 Å². The van der Waals surface area contributed by atoms with Crippen LogP contribution in [0.1, 0.15) is 50.4 Å². The largest absolute Gasteiger partial charge is 0.494 e. The van der Waals surface area contributed by atoms with Crippen LogP contribution in [0, 0.1) is 13.8 Å². The Morgan fingerprint density at radius 1 is 1.20 bits per heavy atom. The molecule has 1 aromatic carbocycles. The monoisotopic (exact) mass is 434 g/mol. The van der Waals surface area contributed by atoms with Gasteiger partial charge in [-0.05, 0) is 57.9 Å². The van der Waals surface area contributed by atoms with Gasteiger partial charge in [0.15, 0.2) is 0 Å². The van der Waals surface area contributed by atoms with E-state index in [4.69, 9.17) is 4.74 Å². The number of nitrogens with zero attached hydrogens (tertiary/aromatic N) is 2. The van der Waals surface area contributed by atoms with Crippen molar-refractivity contribution in [2.45, 2.75) is 63.8 Å². The molecule has 0 aliphatic heterocycles. The van der Waals surface area contributed by atoms with Crippen LogP contribution >= 0.6 is 0 Å². The Kier molecular flexibility index (Phi) is 7.02. The van der Waals surface area contributed by atoms with Crippen LogP contribution in [0.25, 0.3) is 0 Å². The first-order chi connectivity index (χ1) is 14.3. The average Bonchev–Trinajstić information content (AvgIpc) is 3.07. The molecule has 1 amide bonds. The van der Waals surface area contributed by atoms with Crippen LogP contribution in [-0.2, 0) is 14.8 Å². The Hall–Kier alpha value is -2.55. The van der Waals surface area contributed by atoms with Crippen molar-refractivity contribution in [3.63, 3.8) is 0 Å². The molecule has 3 rings (SSSR count). The highest BCUT2D eigenvalue weighted by Crippen LogP contribution is 2.28. The molecule has 0 spiro atoms. The summed E-state index contributed by atoms with van der Waals surface area (Å²) in [4.78, 5) is 12.9. The molecule has 1 heterocycles. The summed E-state index contributed by atoms with van der Waals surface area (Å²) in [6.07, 6.45) is 5.21. The van der Waals surface area contributed by atoms with E-state index < -0.39 is 10.0 Å². The number of ether oxygens (including phenoxy) is 1. The van der Waals surface area contributed by atoms with E-state index in [1.165, 1.54) is 6.42 Å². The third-order valence-electron chi connectivity index (χ3n) is 5.30. The van der Waals surface area contributed by atoms with Crippen LogP contribution in [0.4, 0.5) is 5.69 Å². The fourth-order valence-corrected chi connectivity index (χ4v) is 5.63. The molecule has 1 aliphatic rings. The highest BCUT2D eigenvalue weighted by atomic mass is 32.2. The summed E-state index contributed by atoms with van der Waals surface area (Å²) in [5.41, 5.74) is 1.21. The van der Waals surface area contributed by atoms with Gasteiger partial charge < -0.3 is 10.1 Å². The molecule has 0 radical (unpaired) electrons. The second-order valence-electron chi connectivity index (χ2n) is 7.60. The molecule has 0 unspecified atom stereocenters. The van der Waals surface area contributed by atoms with E-state index in [9.17, 15) is 13.2 Å². The Balaban J connectivity index is 1.91. The lowest BCUT2D eigenvalue weighted by molar-refractivity contribution is -0.120. The predicted molar refractivity (Wildman–Crippen MR) is 115 cm³/mol. The van der Waals surface area contributed by atoms with Crippen molar-refractivity contribution in [1.82, 2.24) is 15.5 Å². The SMILES string of the molecule is CCOc1ccc(N(CC(=O)NC2CCCCC2)S(=O)(=O)c2c(C)n[nH]c2C)cc1. The van der Waals surface area contributed by atoms with E-state index in [2.05, 4.69) is 15.5 Å². The van der Waals surface area contributed by atoms with Crippen LogP contribution in [0.2, 0.25) is 0 Å². The maximum absolute atomic E-state index is 13.5. The van der Waals surface area contributed by atoms with E-state index in [-0.39, 0.29) is 23.4 Å². The van der Waals surface area contributed by atoms with Crippen molar-refractivity contribution >= 4 is 21.6 Å². The van der Waals surface area contributed by atoms with Gasteiger partial charge in [0.25, 0.3) is 10.0 Å². The van der Waals surface area contributed by atoms with E-state index in [0.29, 0.717) is 29.4 Å². The zero-order chi connectivity index (χ0) is 21.7. The van der Waals surface area contributed by atoms with Crippen LogP contribution in [-0.4, -0.2) is 43.7 Å². The molecule has 0 atom stereocenters.